The fourth-order valence-electron chi connectivity index (χ4n) is 1.52. The highest BCUT2D eigenvalue weighted by atomic mass is 79.9. The number of hydrogen-bond donors (Lipinski definition) is 0. The molecular formula is C18H28Br2O6. The Hall–Kier alpha value is -0.890. The number of unbranched alkanes of at least 4 members (excludes halogenated alkanes) is 1. The predicted molar refractivity (Wildman–Crippen MR) is 106 cm³/mol. The molecule has 150 valence electrons. The van der Waals surface area contributed by atoms with Gasteiger partial charge in [-0.1, -0.05) is 37.9 Å². The van der Waals surface area contributed by atoms with E-state index in [2.05, 4.69) is 38.4 Å². The Kier molecular flexibility index (Phi) is 10.1. The van der Waals surface area contributed by atoms with E-state index in [0.717, 1.165) is 0 Å². The van der Waals surface area contributed by atoms with E-state index in [9.17, 15) is 14.4 Å². The molecule has 0 heterocycles. The first-order valence-electron chi connectivity index (χ1n) is 8.24. The number of allylic oxidation sites excluding steroid dienone is 1. The van der Waals surface area contributed by atoms with Crippen molar-refractivity contribution in [2.75, 3.05) is 19.8 Å². The fraction of sp³-hybridized carbons (Fsp3) is 0.722. The number of halogens is 2. The minimum atomic E-state index is -1.31. The van der Waals surface area contributed by atoms with Crippen molar-refractivity contribution in [3.63, 3.8) is 0 Å². The molecule has 0 aliphatic carbocycles. The van der Waals surface area contributed by atoms with E-state index in [-0.39, 0.29) is 19.8 Å². The lowest BCUT2D eigenvalue weighted by atomic mass is 9.93. The number of rotatable bonds is 11. The molecule has 0 amide bonds. The van der Waals surface area contributed by atoms with E-state index >= 15 is 0 Å². The average Bonchev–Trinajstić information content (AvgIpc) is 2.52. The third-order valence-electron chi connectivity index (χ3n) is 3.29. The molecular weight excluding hydrogens is 472 g/mol. The minimum Gasteiger partial charge on any atom is -0.465 e. The largest absolute Gasteiger partial charge is 0.465 e. The zero-order valence-corrected chi connectivity index (χ0v) is 19.2. The summed E-state index contributed by atoms with van der Waals surface area (Å²) in [6.45, 7) is 11.3. The van der Waals surface area contributed by atoms with Gasteiger partial charge in [-0.25, -0.2) is 0 Å². The molecule has 0 aliphatic heterocycles. The molecule has 0 aromatic heterocycles. The average molecular weight is 500 g/mol. The van der Waals surface area contributed by atoms with Crippen LogP contribution in [0.3, 0.4) is 0 Å². The van der Waals surface area contributed by atoms with Crippen molar-refractivity contribution < 1.29 is 28.6 Å². The van der Waals surface area contributed by atoms with Gasteiger partial charge in [-0.3, -0.25) is 14.4 Å². The number of alkyl halides is 2. The van der Waals surface area contributed by atoms with Gasteiger partial charge in [0.25, 0.3) is 0 Å². The van der Waals surface area contributed by atoms with Crippen molar-refractivity contribution in [2.24, 2.45) is 5.41 Å². The molecule has 26 heavy (non-hydrogen) atoms. The molecule has 0 bridgehead atoms. The van der Waals surface area contributed by atoms with Crippen LogP contribution in [0.1, 0.15) is 47.5 Å². The Morgan fingerprint density at radius 2 is 1.27 bits per heavy atom. The van der Waals surface area contributed by atoms with Crippen LogP contribution in [-0.4, -0.2) is 46.4 Å². The van der Waals surface area contributed by atoms with Gasteiger partial charge in [-0.05, 0) is 47.5 Å². The summed E-state index contributed by atoms with van der Waals surface area (Å²) in [6, 6.07) is 0. The maximum Gasteiger partial charge on any atom is 0.322 e. The standard InChI is InChI=1S/C18H28Br2O6/c1-7-8-9-10-24-15(23)18(6,11-25-13(21)16(2,3)19)12-26-14(22)17(4,5)20/h7H,1,8-12H2,2-6H3. The van der Waals surface area contributed by atoms with Crippen molar-refractivity contribution in [1.82, 2.24) is 0 Å². The van der Waals surface area contributed by atoms with Crippen molar-refractivity contribution in [3.8, 4) is 0 Å². The maximum absolute atomic E-state index is 12.5. The molecule has 0 saturated carbocycles. The van der Waals surface area contributed by atoms with E-state index in [1.807, 2.05) is 0 Å². The minimum absolute atomic E-state index is 0.205. The SMILES string of the molecule is C=CCCCOC(=O)C(C)(COC(=O)C(C)(C)Br)COC(=O)C(C)(C)Br. The summed E-state index contributed by atoms with van der Waals surface area (Å²) in [5.74, 6) is -1.66. The smallest absolute Gasteiger partial charge is 0.322 e. The van der Waals surface area contributed by atoms with Gasteiger partial charge in [0, 0.05) is 0 Å². The normalized spacial score (nSPS) is 12.3. The molecule has 0 aromatic carbocycles. The number of esters is 3. The highest BCUT2D eigenvalue weighted by Crippen LogP contribution is 2.26. The molecule has 0 rings (SSSR count). The Labute approximate surface area is 172 Å². The zero-order chi connectivity index (χ0) is 20.6. The van der Waals surface area contributed by atoms with Crippen molar-refractivity contribution >= 4 is 49.8 Å². The number of ether oxygens (including phenoxy) is 3. The summed E-state index contributed by atoms with van der Waals surface area (Å²) in [6.07, 6.45) is 3.07. The van der Waals surface area contributed by atoms with Gasteiger partial charge < -0.3 is 14.2 Å². The topological polar surface area (TPSA) is 78.9 Å². The lowest BCUT2D eigenvalue weighted by Gasteiger charge is -2.28. The second-order valence-corrected chi connectivity index (χ2v) is 11.2. The molecule has 0 atom stereocenters. The zero-order valence-electron chi connectivity index (χ0n) is 16.0. The van der Waals surface area contributed by atoms with Gasteiger partial charge >= 0.3 is 17.9 Å². The van der Waals surface area contributed by atoms with Crippen LogP contribution in [0.25, 0.3) is 0 Å². The van der Waals surface area contributed by atoms with Crippen LogP contribution in [0.2, 0.25) is 0 Å². The highest BCUT2D eigenvalue weighted by molar-refractivity contribution is 9.10. The van der Waals surface area contributed by atoms with Gasteiger partial charge in [-0.15, -0.1) is 6.58 Å². The molecule has 0 saturated heterocycles. The van der Waals surface area contributed by atoms with Crippen molar-refractivity contribution in [3.05, 3.63) is 12.7 Å². The van der Waals surface area contributed by atoms with Gasteiger partial charge in [0.05, 0.1) is 6.61 Å². The molecule has 8 heteroatoms. The van der Waals surface area contributed by atoms with E-state index in [0.29, 0.717) is 12.8 Å². The first-order chi connectivity index (χ1) is 11.7. The molecule has 0 N–H and O–H groups in total. The lowest BCUT2D eigenvalue weighted by molar-refractivity contribution is -0.171. The number of hydrogen-bond acceptors (Lipinski definition) is 6. The summed E-state index contributed by atoms with van der Waals surface area (Å²) in [5.41, 5.74) is -1.31. The van der Waals surface area contributed by atoms with E-state index < -0.39 is 32.0 Å². The number of carbonyl (C=O) groups is 3. The van der Waals surface area contributed by atoms with Gasteiger partial charge in [0.15, 0.2) is 0 Å². The van der Waals surface area contributed by atoms with Crippen LogP contribution in [0.15, 0.2) is 12.7 Å². The summed E-state index contributed by atoms with van der Waals surface area (Å²) in [7, 11) is 0. The van der Waals surface area contributed by atoms with E-state index in [1.54, 1.807) is 33.8 Å². The fourth-order valence-corrected chi connectivity index (χ4v) is 1.75. The van der Waals surface area contributed by atoms with Crippen LogP contribution >= 0.6 is 31.9 Å². The van der Waals surface area contributed by atoms with E-state index in [4.69, 9.17) is 14.2 Å². The molecule has 0 aliphatic rings. The first kappa shape index (κ1) is 25.1. The van der Waals surface area contributed by atoms with Crippen LogP contribution in [0.4, 0.5) is 0 Å². The molecule has 0 unspecified atom stereocenters. The van der Waals surface area contributed by atoms with Crippen LogP contribution in [0.5, 0.6) is 0 Å². The Morgan fingerprint density at radius 1 is 0.846 bits per heavy atom. The third-order valence-corrected chi connectivity index (χ3v) is 3.94. The van der Waals surface area contributed by atoms with Crippen LogP contribution in [0, 0.1) is 5.41 Å². The molecule has 0 radical (unpaired) electrons. The van der Waals surface area contributed by atoms with Crippen LogP contribution in [-0.2, 0) is 28.6 Å². The van der Waals surface area contributed by atoms with Crippen LogP contribution < -0.4 is 0 Å². The van der Waals surface area contributed by atoms with Crippen molar-refractivity contribution in [1.29, 1.82) is 0 Å². The predicted octanol–water partition coefficient (Wildman–Crippen LogP) is 3.94. The summed E-state index contributed by atoms with van der Waals surface area (Å²) in [4.78, 5) is 36.5. The molecule has 0 spiro atoms. The monoisotopic (exact) mass is 498 g/mol. The maximum atomic E-state index is 12.5. The first-order valence-corrected chi connectivity index (χ1v) is 9.83. The molecule has 0 fully saturated rings. The Bertz CT molecular complexity index is 487. The van der Waals surface area contributed by atoms with Gasteiger partial charge in [0.2, 0.25) is 0 Å². The Balaban J connectivity index is 5.05. The summed E-state index contributed by atoms with van der Waals surface area (Å²) < 4.78 is 13.9. The molecule has 0 aromatic rings. The van der Waals surface area contributed by atoms with Gasteiger partial charge in [-0.2, -0.15) is 0 Å². The lowest BCUT2D eigenvalue weighted by Crippen LogP contribution is -2.43. The van der Waals surface area contributed by atoms with Crippen molar-refractivity contribution in [2.45, 2.75) is 56.1 Å². The quantitative estimate of drug-likeness (QED) is 0.141. The second-order valence-electron chi connectivity index (χ2n) is 7.22. The third kappa shape index (κ3) is 9.16. The summed E-state index contributed by atoms with van der Waals surface area (Å²) >= 11 is 6.41. The Morgan fingerprint density at radius 3 is 1.62 bits per heavy atom. The van der Waals surface area contributed by atoms with E-state index in [1.165, 1.54) is 6.92 Å². The molecule has 6 nitrogen and oxygen atoms in total. The van der Waals surface area contributed by atoms with Gasteiger partial charge in [0.1, 0.15) is 27.3 Å². The second kappa shape index (κ2) is 10.4. The number of carbonyl (C=O) groups excluding carboxylic acids is 3. The highest BCUT2D eigenvalue weighted by Gasteiger charge is 2.41. The summed E-state index contributed by atoms with van der Waals surface area (Å²) in [5, 5.41) is 0.